The second-order valence-corrected chi connectivity index (χ2v) is 6.89. The number of fused-ring (bicyclic) bond motifs is 1. The molecule has 0 bridgehead atoms. The van der Waals surface area contributed by atoms with Crippen molar-refractivity contribution >= 4 is 16.9 Å². The molecular weight excluding hydrogens is 276 g/mol. The zero-order valence-corrected chi connectivity index (χ0v) is 13.6. The SMILES string of the molecule is CC(C)(C)c1nc2ccccc2n1CC(=O)N1CCNCC1. The second-order valence-electron chi connectivity index (χ2n) is 6.89. The number of imidazole rings is 1. The van der Waals surface area contributed by atoms with Crippen molar-refractivity contribution in [2.45, 2.75) is 32.7 Å². The Bertz CT molecular complexity index is 678. The Hall–Kier alpha value is -1.88. The molecule has 1 aliphatic rings. The molecule has 2 aromatic rings. The van der Waals surface area contributed by atoms with Gasteiger partial charge in [0.05, 0.1) is 11.0 Å². The zero-order chi connectivity index (χ0) is 15.7. The number of carbonyl (C=O) groups is 1. The van der Waals surface area contributed by atoms with Crippen molar-refractivity contribution in [2.75, 3.05) is 26.2 Å². The van der Waals surface area contributed by atoms with Crippen molar-refractivity contribution in [2.24, 2.45) is 0 Å². The van der Waals surface area contributed by atoms with Gasteiger partial charge in [0.15, 0.2) is 0 Å². The fourth-order valence-electron chi connectivity index (χ4n) is 2.96. The quantitative estimate of drug-likeness (QED) is 0.919. The van der Waals surface area contributed by atoms with Crippen LogP contribution in [-0.4, -0.2) is 46.5 Å². The summed E-state index contributed by atoms with van der Waals surface area (Å²) < 4.78 is 2.08. The van der Waals surface area contributed by atoms with E-state index in [0.29, 0.717) is 6.54 Å². The Labute approximate surface area is 131 Å². The number of para-hydroxylation sites is 2. The van der Waals surface area contributed by atoms with E-state index in [2.05, 4.69) is 30.7 Å². The van der Waals surface area contributed by atoms with Gasteiger partial charge in [0.25, 0.3) is 0 Å². The van der Waals surface area contributed by atoms with Gasteiger partial charge in [0.2, 0.25) is 5.91 Å². The van der Waals surface area contributed by atoms with Gasteiger partial charge in [0, 0.05) is 31.6 Å². The Morgan fingerprint density at radius 2 is 1.91 bits per heavy atom. The van der Waals surface area contributed by atoms with E-state index in [9.17, 15) is 4.79 Å². The minimum Gasteiger partial charge on any atom is -0.339 e. The largest absolute Gasteiger partial charge is 0.339 e. The molecule has 1 aromatic carbocycles. The Morgan fingerprint density at radius 1 is 1.23 bits per heavy atom. The van der Waals surface area contributed by atoms with Gasteiger partial charge in [-0.2, -0.15) is 0 Å². The van der Waals surface area contributed by atoms with Gasteiger partial charge >= 0.3 is 0 Å². The number of piperazine rings is 1. The van der Waals surface area contributed by atoms with Crippen molar-refractivity contribution in [3.05, 3.63) is 30.1 Å². The number of hydrogen-bond donors (Lipinski definition) is 1. The number of nitrogens with zero attached hydrogens (tertiary/aromatic N) is 3. The number of benzene rings is 1. The van der Waals surface area contributed by atoms with E-state index in [1.165, 1.54) is 0 Å². The molecule has 0 saturated carbocycles. The molecule has 5 nitrogen and oxygen atoms in total. The van der Waals surface area contributed by atoms with Crippen LogP contribution >= 0.6 is 0 Å². The average molecular weight is 300 g/mol. The third kappa shape index (κ3) is 2.86. The molecule has 1 N–H and O–H groups in total. The summed E-state index contributed by atoms with van der Waals surface area (Å²) in [6.07, 6.45) is 0. The lowest BCUT2D eigenvalue weighted by Crippen LogP contribution is -2.47. The lowest BCUT2D eigenvalue weighted by Gasteiger charge is -2.28. The summed E-state index contributed by atoms with van der Waals surface area (Å²) in [5.41, 5.74) is 1.90. The van der Waals surface area contributed by atoms with Crippen LogP contribution in [0.2, 0.25) is 0 Å². The molecule has 1 aromatic heterocycles. The molecule has 2 heterocycles. The predicted octanol–water partition coefficient (Wildman–Crippen LogP) is 1.77. The van der Waals surface area contributed by atoms with Crippen LogP contribution < -0.4 is 5.32 Å². The second kappa shape index (κ2) is 5.72. The van der Waals surface area contributed by atoms with Crippen molar-refractivity contribution in [1.82, 2.24) is 19.8 Å². The highest BCUT2D eigenvalue weighted by Crippen LogP contribution is 2.26. The molecule has 0 spiro atoms. The van der Waals surface area contributed by atoms with Gasteiger partial charge in [-0.05, 0) is 12.1 Å². The lowest BCUT2D eigenvalue weighted by molar-refractivity contribution is -0.132. The minimum absolute atomic E-state index is 0.0945. The summed E-state index contributed by atoms with van der Waals surface area (Å²) in [6.45, 7) is 10.1. The van der Waals surface area contributed by atoms with Gasteiger partial charge in [-0.3, -0.25) is 4.79 Å². The maximum atomic E-state index is 12.6. The molecule has 0 atom stereocenters. The van der Waals surface area contributed by atoms with Crippen LogP contribution in [0.25, 0.3) is 11.0 Å². The Morgan fingerprint density at radius 3 is 2.59 bits per heavy atom. The van der Waals surface area contributed by atoms with Gasteiger partial charge < -0.3 is 14.8 Å². The highest BCUT2D eigenvalue weighted by atomic mass is 16.2. The number of aromatic nitrogens is 2. The minimum atomic E-state index is -0.0945. The average Bonchev–Trinajstić information content (AvgIpc) is 2.87. The van der Waals surface area contributed by atoms with Crippen molar-refractivity contribution < 1.29 is 4.79 Å². The first-order chi connectivity index (χ1) is 10.5. The molecule has 3 rings (SSSR count). The van der Waals surface area contributed by atoms with E-state index in [1.54, 1.807) is 0 Å². The van der Waals surface area contributed by atoms with E-state index >= 15 is 0 Å². The topological polar surface area (TPSA) is 50.2 Å². The number of hydrogen-bond acceptors (Lipinski definition) is 3. The Kier molecular flexibility index (Phi) is 3.91. The molecule has 0 radical (unpaired) electrons. The molecular formula is C17H24N4O. The van der Waals surface area contributed by atoms with Crippen LogP contribution in [0.5, 0.6) is 0 Å². The van der Waals surface area contributed by atoms with Gasteiger partial charge in [-0.1, -0.05) is 32.9 Å². The van der Waals surface area contributed by atoms with Crippen molar-refractivity contribution in [1.29, 1.82) is 0 Å². The first-order valence-electron chi connectivity index (χ1n) is 7.91. The van der Waals surface area contributed by atoms with Crippen LogP contribution in [0.4, 0.5) is 0 Å². The summed E-state index contributed by atoms with van der Waals surface area (Å²) >= 11 is 0. The fourth-order valence-corrected chi connectivity index (χ4v) is 2.96. The maximum absolute atomic E-state index is 12.6. The summed E-state index contributed by atoms with van der Waals surface area (Å²) in [5, 5.41) is 3.28. The first kappa shape index (κ1) is 15.0. The molecule has 118 valence electrons. The molecule has 1 fully saturated rings. The van der Waals surface area contributed by atoms with Gasteiger partial charge in [-0.25, -0.2) is 4.98 Å². The van der Waals surface area contributed by atoms with Crippen LogP contribution in [0.1, 0.15) is 26.6 Å². The summed E-state index contributed by atoms with van der Waals surface area (Å²) in [6, 6.07) is 8.05. The molecule has 22 heavy (non-hydrogen) atoms. The standard InChI is InChI=1S/C17H24N4O/c1-17(2,3)16-19-13-6-4-5-7-14(13)21(16)12-15(22)20-10-8-18-9-11-20/h4-7,18H,8-12H2,1-3H3. The van der Waals surface area contributed by atoms with E-state index < -0.39 is 0 Å². The number of rotatable bonds is 2. The van der Waals surface area contributed by atoms with E-state index in [4.69, 9.17) is 4.98 Å². The smallest absolute Gasteiger partial charge is 0.242 e. The number of carbonyl (C=O) groups excluding carboxylic acids is 1. The summed E-state index contributed by atoms with van der Waals surface area (Å²) in [7, 11) is 0. The Balaban J connectivity index is 1.96. The normalized spacial score (nSPS) is 16.2. The maximum Gasteiger partial charge on any atom is 0.242 e. The van der Waals surface area contributed by atoms with Gasteiger partial charge in [0.1, 0.15) is 12.4 Å². The molecule has 5 heteroatoms. The summed E-state index contributed by atoms with van der Waals surface area (Å²) in [4.78, 5) is 19.3. The number of nitrogens with one attached hydrogen (secondary N) is 1. The fraction of sp³-hybridized carbons (Fsp3) is 0.529. The summed E-state index contributed by atoms with van der Waals surface area (Å²) in [5.74, 6) is 1.15. The predicted molar refractivity (Wildman–Crippen MR) is 87.9 cm³/mol. The molecule has 0 unspecified atom stereocenters. The molecule has 0 aliphatic carbocycles. The third-order valence-electron chi connectivity index (χ3n) is 4.09. The molecule has 1 aliphatic heterocycles. The lowest BCUT2D eigenvalue weighted by atomic mass is 9.95. The molecule has 1 saturated heterocycles. The highest BCUT2D eigenvalue weighted by Gasteiger charge is 2.25. The van der Waals surface area contributed by atoms with E-state index in [0.717, 1.165) is 43.0 Å². The van der Waals surface area contributed by atoms with Crippen LogP contribution in [0.15, 0.2) is 24.3 Å². The number of amides is 1. The first-order valence-corrected chi connectivity index (χ1v) is 7.91. The van der Waals surface area contributed by atoms with E-state index in [1.807, 2.05) is 29.2 Å². The highest BCUT2D eigenvalue weighted by molar-refractivity contribution is 5.81. The monoisotopic (exact) mass is 300 g/mol. The zero-order valence-electron chi connectivity index (χ0n) is 13.6. The molecule has 1 amide bonds. The van der Waals surface area contributed by atoms with Crippen LogP contribution in [0, 0.1) is 0 Å². The third-order valence-corrected chi connectivity index (χ3v) is 4.09. The van der Waals surface area contributed by atoms with Crippen molar-refractivity contribution in [3.8, 4) is 0 Å². The van der Waals surface area contributed by atoms with E-state index in [-0.39, 0.29) is 11.3 Å². The van der Waals surface area contributed by atoms with Crippen LogP contribution in [-0.2, 0) is 16.8 Å². The van der Waals surface area contributed by atoms with Crippen molar-refractivity contribution in [3.63, 3.8) is 0 Å². The van der Waals surface area contributed by atoms with Gasteiger partial charge in [-0.15, -0.1) is 0 Å². The van der Waals surface area contributed by atoms with Crippen LogP contribution in [0.3, 0.4) is 0 Å².